The Hall–Kier alpha value is -6.12. The van der Waals surface area contributed by atoms with E-state index in [9.17, 15) is 28.8 Å². The number of fused-ring (bicyclic) bond motifs is 16. The highest BCUT2D eigenvalue weighted by atomic mass is 16.5. The lowest BCUT2D eigenvalue weighted by Gasteiger charge is -2.41. The Morgan fingerprint density at radius 2 is 1.48 bits per heavy atom. The number of piperidine rings is 1. The number of ether oxygens (including phenoxy) is 3. The quantitative estimate of drug-likeness (QED) is 0.288. The first-order valence-corrected chi connectivity index (χ1v) is 17.9. The van der Waals surface area contributed by atoms with Gasteiger partial charge in [-0.05, 0) is 61.9 Å². The number of benzene rings is 3. The van der Waals surface area contributed by atoms with Gasteiger partial charge >= 0.3 is 0 Å². The second-order valence-electron chi connectivity index (χ2n) is 13.6. The molecule has 0 aromatic heterocycles. The highest BCUT2D eigenvalue weighted by Gasteiger charge is 2.46. The van der Waals surface area contributed by atoms with Crippen LogP contribution in [0.5, 0.6) is 17.2 Å². The maximum absolute atomic E-state index is 14.2. The summed E-state index contributed by atoms with van der Waals surface area (Å²) in [7, 11) is 1.62. The SMILES string of the molecule is C[C@@H]1NC(=O)[C@H](Cc2ccccc2)NC(=O)[C@H](C)NC(=O)C2(CCN(C(=O)c3ccc4c(c3)N(C)C(=O)CO4)CC2)Oc2ccc(cc2)OCCNC1=O. The van der Waals surface area contributed by atoms with Crippen molar-refractivity contribution in [1.82, 2.24) is 26.2 Å². The molecule has 3 atom stereocenters. The van der Waals surface area contributed by atoms with Gasteiger partial charge in [0.1, 0.15) is 42.0 Å². The Bertz CT molecular complexity index is 1900. The van der Waals surface area contributed by atoms with Crippen LogP contribution in [0, 0.1) is 0 Å². The summed E-state index contributed by atoms with van der Waals surface area (Å²) in [6, 6.07) is 17.6. The number of nitrogens with one attached hydrogen (secondary N) is 4. The van der Waals surface area contributed by atoms with Crippen LogP contribution in [-0.2, 0) is 30.4 Å². The second-order valence-corrected chi connectivity index (χ2v) is 13.6. The van der Waals surface area contributed by atoms with Gasteiger partial charge in [0.25, 0.3) is 17.7 Å². The summed E-state index contributed by atoms with van der Waals surface area (Å²) in [5, 5.41) is 11.0. The van der Waals surface area contributed by atoms with Crippen molar-refractivity contribution < 1.29 is 43.0 Å². The van der Waals surface area contributed by atoms with Crippen molar-refractivity contribution in [2.24, 2.45) is 0 Å². The van der Waals surface area contributed by atoms with Gasteiger partial charge in [0.05, 0.1) is 12.2 Å². The van der Waals surface area contributed by atoms with Crippen LogP contribution in [0.3, 0.4) is 0 Å². The van der Waals surface area contributed by atoms with E-state index in [1.807, 2.05) is 30.3 Å². The highest BCUT2D eigenvalue weighted by Crippen LogP contribution is 2.34. The predicted octanol–water partition coefficient (Wildman–Crippen LogP) is 1.34. The van der Waals surface area contributed by atoms with Crippen LogP contribution in [0.1, 0.15) is 42.6 Å². The summed E-state index contributed by atoms with van der Waals surface area (Å²) in [6.45, 7) is 3.60. The zero-order chi connectivity index (χ0) is 38.4. The van der Waals surface area contributed by atoms with Crippen molar-refractivity contribution in [1.29, 1.82) is 0 Å². The minimum absolute atomic E-state index is 0.0778. The molecule has 2 bridgehead atoms. The first-order valence-electron chi connectivity index (χ1n) is 17.9. The van der Waals surface area contributed by atoms with Gasteiger partial charge in [0, 0.05) is 45.0 Å². The van der Waals surface area contributed by atoms with Gasteiger partial charge in [0.2, 0.25) is 17.7 Å². The molecule has 284 valence electrons. The average molecular weight is 741 g/mol. The third-order valence-electron chi connectivity index (χ3n) is 9.78. The number of nitrogens with zero attached hydrogens (tertiary/aromatic N) is 2. The Morgan fingerprint density at radius 1 is 0.796 bits per heavy atom. The fourth-order valence-corrected chi connectivity index (χ4v) is 6.49. The molecule has 4 aliphatic heterocycles. The standard InChI is InChI=1S/C39H44N6O9/c1-24-34(47)40-17-20-52-28-10-12-29(13-11-28)54-39(38(51)42-25(2)35(48)43-30(36(49)41-24)21-26-7-5-4-6-8-26)15-18-45(19-16-39)37(50)27-9-14-32-31(22-27)44(3)33(46)23-53-32/h4-14,22,24-25,30H,15-21,23H2,1-3H3,(H,40,47)(H,41,49)(H,42,51)(H,43,48)/t24-,25-,30-/m0/s1. The summed E-state index contributed by atoms with van der Waals surface area (Å²) in [6.07, 6.45) is 0.331. The topological polar surface area (TPSA) is 185 Å². The predicted molar refractivity (Wildman–Crippen MR) is 196 cm³/mol. The summed E-state index contributed by atoms with van der Waals surface area (Å²) in [5.41, 5.74) is 0.166. The molecule has 1 spiro atoms. The van der Waals surface area contributed by atoms with Crippen LogP contribution in [0.15, 0.2) is 72.8 Å². The van der Waals surface area contributed by atoms with E-state index in [-0.39, 0.29) is 63.9 Å². The maximum atomic E-state index is 14.2. The molecule has 0 aliphatic carbocycles. The molecular formula is C39H44N6O9. The first-order chi connectivity index (χ1) is 25.9. The molecule has 1 saturated heterocycles. The van der Waals surface area contributed by atoms with Crippen LogP contribution in [0.4, 0.5) is 5.69 Å². The molecule has 15 nitrogen and oxygen atoms in total. The number of carbonyl (C=O) groups excluding carboxylic acids is 6. The van der Waals surface area contributed by atoms with Gasteiger partial charge in [-0.15, -0.1) is 0 Å². The summed E-state index contributed by atoms with van der Waals surface area (Å²) in [4.78, 5) is 83.0. The molecular weight excluding hydrogens is 696 g/mol. The molecule has 0 radical (unpaired) electrons. The molecule has 4 heterocycles. The number of amides is 6. The van der Waals surface area contributed by atoms with Gasteiger partial charge in [0.15, 0.2) is 12.2 Å². The maximum Gasteiger partial charge on any atom is 0.264 e. The Morgan fingerprint density at radius 3 is 2.20 bits per heavy atom. The lowest BCUT2D eigenvalue weighted by Crippen LogP contribution is -2.61. The zero-order valence-corrected chi connectivity index (χ0v) is 30.4. The number of rotatable bonds is 3. The summed E-state index contributed by atoms with van der Waals surface area (Å²) < 4.78 is 17.7. The van der Waals surface area contributed by atoms with Crippen molar-refractivity contribution in [3.63, 3.8) is 0 Å². The van der Waals surface area contributed by atoms with Gasteiger partial charge in [-0.1, -0.05) is 30.3 Å². The van der Waals surface area contributed by atoms with Gasteiger partial charge in [-0.25, -0.2) is 0 Å². The third kappa shape index (κ3) is 8.56. The number of likely N-dealkylation sites (N-methyl/N-ethyl adjacent to an activating group) is 1. The van der Waals surface area contributed by atoms with Crippen molar-refractivity contribution >= 4 is 41.1 Å². The molecule has 4 aliphatic rings. The van der Waals surface area contributed by atoms with E-state index in [0.717, 1.165) is 5.56 Å². The molecule has 1 fully saturated rings. The number of hydrogen-bond acceptors (Lipinski definition) is 9. The van der Waals surface area contributed by atoms with E-state index in [1.54, 1.807) is 61.3 Å². The zero-order valence-electron chi connectivity index (χ0n) is 30.4. The molecule has 6 amide bonds. The van der Waals surface area contributed by atoms with Crippen LogP contribution < -0.4 is 40.4 Å². The number of carbonyl (C=O) groups is 6. The van der Waals surface area contributed by atoms with E-state index in [4.69, 9.17) is 14.2 Å². The number of likely N-dealkylation sites (tertiary alicyclic amines) is 1. The molecule has 4 N–H and O–H groups in total. The summed E-state index contributed by atoms with van der Waals surface area (Å²) >= 11 is 0. The molecule has 7 rings (SSSR count). The molecule has 3 aromatic carbocycles. The van der Waals surface area contributed by atoms with Crippen molar-refractivity contribution in [3.05, 3.63) is 83.9 Å². The fraction of sp³-hybridized carbons (Fsp3) is 0.385. The molecule has 3 aromatic rings. The van der Waals surface area contributed by atoms with Crippen molar-refractivity contribution in [2.75, 3.05) is 44.8 Å². The van der Waals surface area contributed by atoms with E-state index in [1.165, 1.54) is 11.8 Å². The lowest BCUT2D eigenvalue weighted by molar-refractivity contribution is -0.143. The molecule has 54 heavy (non-hydrogen) atoms. The van der Waals surface area contributed by atoms with E-state index >= 15 is 0 Å². The van der Waals surface area contributed by atoms with Gasteiger partial charge < -0.3 is 45.3 Å². The van der Waals surface area contributed by atoms with Gasteiger partial charge in [-0.2, -0.15) is 0 Å². The van der Waals surface area contributed by atoms with E-state index in [0.29, 0.717) is 28.5 Å². The monoisotopic (exact) mass is 740 g/mol. The molecule has 0 saturated carbocycles. The minimum Gasteiger partial charge on any atom is -0.492 e. The second kappa shape index (κ2) is 16.3. The largest absolute Gasteiger partial charge is 0.492 e. The summed E-state index contributed by atoms with van der Waals surface area (Å²) in [5.74, 6) is -1.31. The highest BCUT2D eigenvalue weighted by molar-refractivity contribution is 6.01. The Labute approximate surface area is 312 Å². The fourth-order valence-electron chi connectivity index (χ4n) is 6.49. The first kappa shape index (κ1) is 37.6. The minimum atomic E-state index is -1.47. The van der Waals surface area contributed by atoms with E-state index < -0.39 is 47.4 Å². The number of anilines is 1. The van der Waals surface area contributed by atoms with Crippen LogP contribution in [0.25, 0.3) is 0 Å². The van der Waals surface area contributed by atoms with E-state index in [2.05, 4.69) is 21.3 Å². The smallest absolute Gasteiger partial charge is 0.264 e. The van der Waals surface area contributed by atoms with Crippen LogP contribution >= 0.6 is 0 Å². The van der Waals surface area contributed by atoms with Crippen molar-refractivity contribution in [3.8, 4) is 17.2 Å². The number of hydrogen-bond donors (Lipinski definition) is 4. The average Bonchev–Trinajstić information content (AvgIpc) is 3.18. The normalized spacial score (nSPS) is 22.4. The Balaban J connectivity index is 1.23. The molecule has 15 heteroatoms. The Kier molecular flexibility index (Phi) is 11.3. The van der Waals surface area contributed by atoms with Gasteiger partial charge in [-0.3, -0.25) is 28.8 Å². The van der Waals surface area contributed by atoms with Crippen LogP contribution in [0.2, 0.25) is 0 Å². The third-order valence-corrected chi connectivity index (χ3v) is 9.78. The van der Waals surface area contributed by atoms with Crippen molar-refractivity contribution in [2.45, 2.75) is 56.8 Å². The lowest BCUT2D eigenvalue weighted by atomic mass is 9.89. The van der Waals surface area contributed by atoms with Crippen LogP contribution in [-0.4, -0.2) is 104 Å². The molecule has 0 unspecified atom stereocenters.